The van der Waals surface area contributed by atoms with E-state index in [2.05, 4.69) is 4.90 Å². The molecule has 2 amide bonds. The third-order valence-corrected chi connectivity index (χ3v) is 6.88. The predicted octanol–water partition coefficient (Wildman–Crippen LogP) is 2.13. The number of carbonyl (C=O) groups excluding carboxylic acids is 2. The van der Waals surface area contributed by atoms with Crippen LogP contribution in [-0.2, 0) is 20.7 Å². The van der Waals surface area contributed by atoms with Gasteiger partial charge >= 0.3 is 0 Å². The quantitative estimate of drug-likeness (QED) is 0.586. The normalized spacial score (nSPS) is 19.4. The molecule has 2 fully saturated rings. The van der Waals surface area contributed by atoms with E-state index in [0.29, 0.717) is 59.0 Å². The molecule has 0 aliphatic carbocycles. The van der Waals surface area contributed by atoms with Gasteiger partial charge in [0.25, 0.3) is 5.91 Å². The van der Waals surface area contributed by atoms with Crippen molar-refractivity contribution in [1.82, 2.24) is 14.7 Å². The lowest BCUT2D eigenvalue weighted by Crippen LogP contribution is -2.52. The van der Waals surface area contributed by atoms with E-state index in [0.717, 1.165) is 18.0 Å². The molecular weight excluding hydrogens is 445 g/mol. The van der Waals surface area contributed by atoms with Gasteiger partial charge in [-0.1, -0.05) is 18.2 Å². The molecule has 2 aromatic rings. The highest BCUT2D eigenvalue weighted by Gasteiger charge is 2.29. The number of carbonyl (C=O) groups is 2. The van der Waals surface area contributed by atoms with Crippen LogP contribution >= 0.6 is 11.3 Å². The second-order valence-electron chi connectivity index (χ2n) is 8.27. The van der Waals surface area contributed by atoms with E-state index in [9.17, 15) is 14.0 Å². The van der Waals surface area contributed by atoms with Gasteiger partial charge in [0.15, 0.2) is 0 Å². The first-order valence-corrected chi connectivity index (χ1v) is 12.2. The van der Waals surface area contributed by atoms with E-state index in [1.54, 1.807) is 28.4 Å². The van der Waals surface area contributed by atoms with Gasteiger partial charge in [-0.3, -0.25) is 14.5 Å². The third-order valence-electron chi connectivity index (χ3n) is 6.00. The maximum Gasteiger partial charge on any atom is 0.256 e. The summed E-state index contributed by atoms with van der Waals surface area (Å²) in [5, 5.41) is 1.96. The number of hydrogen-bond acceptors (Lipinski definition) is 6. The average molecular weight is 476 g/mol. The molecule has 9 heteroatoms. The third kappa shape index (κ3) is 6.60. The lowest BCUT2D eigenvalue weighted by Gasteiger charge is -2.36. The molecule has 0 N–H and O–H groups in total. The first kappa shape index (κ1) is 23.8. The van der Waals surface area contributed by atoms with E-state index in [-0.39, 0.29) is 23.5 Å². The molecule has 2 aliphatic rings. The van der Waals surface area contributed by atoms with E-state index in [1.165, 1.54) is 12.1 Å². The molecule has 178 valence electrons. The van der Waals surface area contributed by atoms with Crippen LogP contribution in [-0.4, -0.2) is 98.3 Å². The highest BCUT2D eigenvalue weighted by Crippen LogP contribution is 2.16. The van der Waals surface area contributed by atoms with Crippen LogP contribution in [0.3, 0.4) is 0 Å². The predicted molar refractivity (Wildman–Crippen MR) is 124 cm³/mol. The van der Waals surface area contributed by atoms with Gasteiger partial charge in [-0.15, -0.1) is 11.3 Å². The van der Waals surface area contributed by atoms with Crippen molar-refractivity contribution in [2.45, 2.75) is 12.5 Å². The molecule has 0 radical (unpaired) electrons. The fraction of sp³-hybridized carbons (Fsp3) is 0.500. The van der Waals surface area contributed by atoms with Crippen molar-refractivity contribution in [3.8, 4) is 0 Å². The molecule has 0 bridgehead atoms. The Morgan fingerprint density at radius 3 is 2.67 bits per heavy atom. The molecule has 4 rings (SSSR count). The zero-order valence-corrected chi connectivity index (χ0v) is 19.5. The number of morpholine rings is 2. The van der Waals surface area contributed by atoms with Crippen LogP contribution in [0.2, 0.25) is 0 Å². The van der Waals surface area contributed by atoms with Gasteiger partial charge in [0.1, 0.15) is 5.82 Å². The van der Waals surface area contributed by atoms with Crippen LogP contribution in [0.25, 0.3) is 0 Å². The van der Waals surface area contributed by atoms with Crippen LogP contribution in [0.15, 0.2) is 41.8 Å². The van der Waals surface area contributed by atoms with Gasteiger partial charge < -0.3 is 19.3 Å². The van der Waals surface area contributed by atoms with Crippen LogP contribution in [0.5, 0.6) is 0 Å². The van der Waals surface area contributed by atoms with Crippen molar-refractivity contribution >= 4 is 23.2 Å². The molecular formula is C24H30FN3O4S. The molecule has 1 unspecified atom stereocenters. The van der Waals surface area contributed by atoms with Gasteiger partial charge in [0.05, 0.1) is 37.9 Å². The van der Waals surface area contributed by atoms with Crippen molar-refractivity contribution in [3.63, 3.8) is 0 Å². The van der Waals surface area contributed by atoms with Gasteiger partial charge in [0, 0.05) is 50.7 Å². The standard InChI is InChI=1S/C24H30FN3O4S/c25-22-6-2-1-5-21(22)24(30)28(8-7-26-9-12-31-13-10-26)18-19-17-27(11-14-32-19)23(29)16-20-4-3-15-33-20/h1-6,15,19H,7-14,16-18H2. The van der Waals surface area contributed by atoms with E-state index < -0.39 is 5.82 Å². The summed E-state index contributed by atoms with van der Waals surface area (Å²) in [5.74, 6) is -0.825. The molecule has 2 aliphatic heterocycles. The number of nitrogens with zero attached hydrogens (tertiary/aromatic N) is 3. The maximum atomic E-state index is 14.4. The first-order chi connectivity index (χ1) is 16.1. The topological polar surface area (TPSA) is 62.3 Å². The lowest BCUT2D eigenvalue weighted by atomic mass is 10.1. The average Bonchev–Trinajstić information content (AvgIpc) is 3.35. The molecule has 3 heterocycles. The number of halogens is 1. The highest BCUT2D eigenvalue weighted by atomic mass is 32.1. The van der Waals surface area contributed by atoms with E-state index in [1.807, 2.05) is 22.4 Å². The summed E-state index contributed by atoms with van der Waals surface area (Å²) >= 11 is 1.57. The summed E-state index contributed by atoms with van der Waals surface area (Å²) in [5.41, 5.74) is 0.0564. The molecule has 2 saturated heterocycles. The van der Waals surface area contributed by atoms with Crippen LogP contribution in [0.1, 0.15) is 15.2 Å². The molecule has 1 aromatic heterocycles. The Balaban J connectivity index is 1.41. The number of hydrogen-bond donors (Lipinski definition) is 0. The van der Waals surface area contributed by atoms with Crippen LogP contribution in [0, 0.1) is 5.82 Å². The van der Waals surface area contributed by atoms with Gasteiger partial charge in [0.2, 0.25) is 5.91 Å². The van der Waals surface area contributed by atoms with Gasteiger partial charge in [-0.2, -0.15) is 0 Å². The summed E-state index contributed by atoms with van der Waals surface area (Å²) in [6.45, 7) is 5.79. The number of ether oxygens (including phenoxy) is 2. The minimum Gasteiger partial charge on any atom is -0.379 e. The first-order valence-electron chi connectivity index (χ1n) is 11.4. The summed E-state index contributed by atoms with van der Waals surface area (Å²) in [6, 6.07) is 9.95. The number of rotatable bonds is 8. The Morgan fingerprint density at radius 2 is 1.91 bits per heavy atom. The fourth-order valence-electron chi connectivity index (χ4n) is 4.14. The Morgan fingerprint density at radius 1 is 1.09 bits per heavy atom. The lowest BCUT2D eigenvalue weighted by molar-refractivity contribution is -0.138. The van der Waals surface area contributed by atoms with Crippen molar-refractivity contribution < 1.29 is 23.5 Å². The number of benzene rings is 1. The minimum atomic E-state index is -0.531. The summed E-state index contributed by atoms with van der Waals surface area (Å²) in [6.07, 6.45) is 0.0608. The van der Waals surface area contributed by atoms with E-state index >= 15 is 0 Å². The zero-order chi connectivity index (χ0) is 23.0. The van der Waals surface area contributed by atoms with Gasteiger partial charge in [-0.05, 0) is 23.6 Å². The molecule has 0 saturated carbocycles. The minimum absolute atomic E-state index is 0.0564. The van der Waals surface area contributed by atoms with Gasteiger partial charge in [-0.25, -0.2) is 4.39 Å². The number of thiophene rings is 1. The van der Waals surface area contributed by atoms with Crippen molar-refractivity contribution in [1.29, 1.82) is 0 Å². The van der Waals surface area contributed by atoms with Crippen molar-refractivity contribution in [2.24, 2.45) is 0 Å². The second-order valence-corrected chi connectivity index (χ2v) is 9.31. The fourth-order valence-corrected chi connectivity index (χ4v) is 4.84. The summed E-state index contributed by atoms with van der Waals surface area (Å²) < 4.78 is 25.7. The molecule has 33 heavy (non-hydrogen) atoms. The van der Waals surface area contributed by atoms with Crippen LogP contribution in [0.4, 0.5) is 4.39 Å². The zero-order valence-electron chi connectivity index (χ0n) is 18.7. The maximum absolute atomic E-state index is 14.4. The molecule has 7 nitrogen and oxygen atoms in total. The SMILES string of the molecule is O=C(Cc1cccs1)N1CCOC(CN(CCN2CCOCC2)C(=O)c2ccccc2F)C1. The summed E-state index contributed by atoms with van der Waals surface area (Å²) in [7, 11) is 0. The summed E-state index contributed by atoms with van der Waals surface area (Å²) in [4.78, 5) is 32.7. The smallest absolute Gasteiger partial charge is 0.256 e. The Kier molecular flexibility index (Phi) is 8.44. The van der Waals surface area contributed by atoms with Crippen LogP contribution < -0.4 is 0 Å². The van der Waals surface area contributed by atoms with Crippen molar-refractivity contribution in [3.05, 3.63) is 58.0 Å². The number of amides is 2. The Bertz CT molecular complexity index is 920. The molecule has 1 atom stereocenters. The molecule has 0 spiro atoms. The monoisotopic (exact) mass is 475 g/mol. The largest absolute Gasteiger partial charge is 0.379 e. The second kappa shape index (κ2) is 11.7. The Labute approximate surface area is 197 Å². The van der Waals surface area contributed by atoms with Crippen molar-refractivity contribution in [2.75, 3.05) is 65.6 Å². The van der Waals surface area contributed by atoms with E-state index in [4.69, 9.17) is 9.47 Å². The highest BCUT2D eigenvalue weighted by molar-refractivity contribution is 7.10. The Hall–Kier alpha value is -2.33. The molecule has 1 aromatic carbocycles.